The number of nitrogens with zero attached hydrogens (tertiary/aromatic N) is 1. The number of nitrogens with two attached hydrogens (primary N) is 2. The maximum atomic E-state index is 11.1. The third kappa shape index (κ3) is 1.77. The number of primary sulfonamides is 1. The van der Waals surface area contributed by atoms with Crippen molar-refractivity contribution >= 4 is 26.6 Å². The molecule has 2 aromatic rings. The van der Waals surface area contributed by atoms with Crippen molar-refractivity contribution in [2.45, 2.75) is 5.03 Å². The van der Waals surface area contributed by atoms with Gasteiger partial charge in [0.1, 0.15) is 0 Å². The van der Waals surface area contributed by atoms with Gasteiger partial charge in [-0.25, -0.2) is 18.5 Å². The van der Waals surface area contributed by atoms with Crippen molar-refractivity contribution in [1.29, 1.82) is 0 Å². The Balaban J connectivity index is 2.81. The van der Waals surface area contributed by atoms with Gasteiger partial charge in [0.2, 0.25) is 0 Å². The van der Waals surface area contributed by atoms with Crippen molar-refractivity contribution in [2.75, 3.05) is 5.73 Å². The maximum absolute atomic E-state index is 11.1. The van der Waals surface area contributed by atoms with Crippen LogP contribution < -0.4 is 10.9 Å². The van der Waals surface area contributed by atoms with Crippen LogP contribution in [0.25, 0.3) is 10.9 Å². The number of para-hydroxylation sites is 1. The number of fused-ring (bicyclic) bond motifs is 1. The minimum atomic E-state index is -3.78. The van der Waals surface area contributed by atoms with Gasteiger partial charge in [-0.15, -0.1) is 0 Å². The first-order chi connectivity index (χ1) is 6.98. The number of rotatable bonds is 1. The van der Waals surface area contributed by atoms with Crippen LogP contribution in [0.3, 0.4) is 0 Å². The Kier molecular flexibility index (Phi) is 2.09. The van der Waals surface area contributed by atoms with E-state index in [2.05, 4.69) is 4.98 Å². The highest BCUT2D eigenvalue weighted by molar-refractivity contribution is 7.89. The Morgan fingerprint density at radius 1 is 1.13 bits per heavy atom. The molecule has 0 aliphatic rings. The molecule has 1 heterocycles. The zero-order chi connectivity index (χ0) is 11.1. The molecule has 0 unspecified atom stereocenters. The van der Waals surface area contributed by atoms with Gasteiger partial charge < -0.3 is 5.73 Å². The lowest BCUT2D eigenvalue weighted by Crippen LogP contribution is -2.13. The summed E-state index contributed by atoms with van der Waals surface area (Å²) < 4.78 is 22.1. The van der Waals surface area contributed by atoms with E-state index in [4.69, 9.17) is 10.9 Å². The summed E-state index contributed by atoms with van der Waals surface area (Å²) in [5, 5.41) is 5.57. The molecule has 1 aromatic carbocycles. The number of nitrogen functional groups attached to an aromatic ring is 1. The maximum Gasteiger partial charge on any atom is 0.255 e. The highest BCUT2D eigenvalue weighted by Gasteiger charge is 2.10. The zero-order valence-electron chi connectivity index (χ0n) is 7.71. The summed E-state index contributed by atoms with van der Waals surface area (Å²) in [6.45, 7) is 0. The van der Waals surface area contributed by atoms with E-state index in [-0.39, 0.29) is 5.03 Å². The predicted octanol–water partition coefficient (Wildman–Crippen LogP) is 0.464. The van der Waals surface area contributed by atoms with E-state index >= 15 is 0 Å². The fraction of sp³-hybridized carbons (Fsp3) is 0. The second-order valence-corrected chi connectivity index (χ2v) is 4.62. The van der Waals surface area contributed by atoms with Crippen LogP contribution in [0.5, 0.6) is 0 Å². The molecule has 5 nitrogen and oxygen atoms in total. The number of aromatic nitrogens is 1. The SMILES string of the molecule is Nc1cccc2ccc(S(N)(=O)=O)nc12. The van der Waals surface area contributed by atoms with Crippen LogP contribution in [-0.2, 0) is 10.0 Å². The monoisotopic (exact) mass is 223 g/mol. The second kappa shape index (κ2) is 3.18. The van der Waals surface area contributed by atoms with Crippen molar-refractivity contribution in [3.8, 4) is 0 Å². The third-order valence-electron chi connectivity index (χ3n) is 2.02. The Hall–Kier alpha value is -1.66. The Bertz CT molecular complexity index is 622. The summed E-state index contributed by atoms with van der Waals surface area (Å²) in [7, 11) is -3.78. The minimum absolute atomic E-state index is 0.173. The van der Waals surface area contributed by atoms with Crippen LogP contribution in [0, 0.1) is 0 Å². The van der Waals surface area contributed by atoms with E-state index < -0.39 is 10.0 Å². The summed E-state index contributed by atoms with van der Waals surface area (Å²) in [6, 6.07) is 8.21. The molecule has 15 heavy (non-hydrogen) atoms. The first-order valence-electron chi connectivity index (χ1n) is 4.16. The molecule has 0 fully saturated rings. The average molecular weight is 223 g/mol. The molecule has 0 radical (unpaired) electrons. The summed E-state index contributed by atoms with van der Waals surface area (Å²) in [6.07, 6.45) is 0. The molecule has 0 saturated heterocycles. The highest BCUT2D eigenvalue weighted by atomic mass is 32.2. The summed E-state index contributed by atoms with van der Waals surface area (Å²) in [4.78, 5) is 3.91. The fourth-order valence-corrected chi connectivity index (χ4v) is 1.79. The topological polar surface area (TPSA) is 99.1 Å². The first kappa shape index (κ1) is 9.88. The van der Waals surface area contributed by atoms with Gasteiger partial charge in [-0.3, -0.25) is 0 Å². The summed E-state index contributed by atoms with van der Waals surface area (Å²) >= 11 is 0. The number of anilines is 1. The number of sulfonamides is 1. The number of pyridine rings is 1. The number of hydrogen-bond acceptors (Lipinski definition) is 4. The minimum Gasteiger partial charge on any atom is -0.397 e. The number of hydrogen-bond donors (Lipinski definition) is 2. The fourth-order valence-electron chi connectivity index (χ4n) is 1.31. The van der Waals surface area contributed by atoms with Crippen molar-refractivity contribution in [1.82, 2.24) is 4.98 Å². The van der Waals surface area contributed by atoms with E-state index in [1.807, 2.05) is 0 Å². The van der Waals surface area contributed by atoms with Gasteiger partial charge in [-0.05, 0) is 18.2 Å². The van der Waals surface area contributed by atoms with Gasteiger partial charge in [0.25, 0.3) is 10.0 Å². The standard InChI is InChI=1S/C9H9N3O2S/c10-7-3-1-2-6-4-5-8(12-9(6)7)15(11,13)14/h1-5H,10H2,(H2,11,13,14). The predicted molar refractivity (Wildman–Crippen MR) is 57.5 cm³/mol. The largest absolute Gasteiger partial charge is 0.397 e. The molecular weight excluding hydrogens is 214 g/mol. The molecule has 0 bridgehead atoms. The second-order valence-electron chi connectivity index (χ2n) is 3.11. The van der Waals surface area contributed by atoms with Crippen molar-refractivity contribution in [3.05, 3.63) is 30.3 Å². The Morgan fingerprint density at radius 3 is 2.53 bits per heavy atom. The van der Waals surface area contributed by atoms with Crippen LogP contribution >= 0.6 is 0 Å². The van der Waals surface area contributed by atoms with Crippen LogP contribution in [-0.4, -0.2) is 13.4 Å². The number of benzene rings is 1. The van der Waals surface area contributed by atoms with E-state index in [0.717, 1.165) is 5.39 Å². The molecule has 0 atom stereocenters. The van der Waals surface area contributed by atoms with Gasteiger partial charge in [0.15, 0.2) is 5.03 Å². The average Bonchev–Trinajstić information content (AvgIpc) is 2.16. The smallest absolute Gasteiger partial charge is 0.255 e. The molecule has 2 rings (SSSR count). The van der Waals surface area contributed by atoms with E-state index in [0.29, 0.717) is 11.2 Å². The Labute approximate surface area is 86.8 Å². The molecule has 4 N–H and O–H groups in total. The molecule has 78 valence electrons. The van der Waals surface area contributed by atoms with Crippen molar-refractivity contribution in [2.24, 2.45) is 5.14 Å². The van der Waals surface area contributed by atoms with Gasteiger partial charge in [0.05, 0.1) is 11.2 Å². The molecule has 0 aliphatic heterocycles. The van der Waals surface area contributed by atoms with Crippen LogP contribution in [0.2, 0.25) is 0 Å². The van der Waals surface area contributed by atoms with Crippen LogP contribution in [0.4, 0.5) is 5.69 Å². The van der Waals surface area contributed by atoms with Crippen LogP contribution in [0.1, 0.15) is 0 Å². The first-order valence-corrected chi connectivity index (χ1v) is 5.71. The third-order valence-corrected chi connectivity index (χ3v) is 2.83. The van der Waals surface area contributed by atoms with E-state index in [1.54, 1.807) is 24.3 Å². The molecule has 1 aromatic heterocycles. The quantitative estimate of drug-likeness (QED) is 0.686. The molecule has 0 amide bonds. The van der Waals surface area contributed by atoms with Gasteiger partial charge in [0, 0.05) is 5.39 Å². The molecule has 6 heteroatoms. The summed E-state index contributed by atoms with van der Waals surface area (Å²) in [5.41, 5.74) is 6.55. The lowest BCUT2D eigenvalue weighted by atomic mass is 10.2. The van der Waals surface area contributed by atoms with Gasteiger partial charge >= 0.3 is 0 Å². The zero-order valence-corrected chi connectivity index (χ0v) is 8.53. The van der Waals surface area contributed by atoms with Gasteiger partial charge in [-0.2, -0.15) is 0 Å². The Morgan fingerprint density at radius 2 is 1.87 bits per heavy atom. The molecule has 0 saturated carbocycles. The lowest BCUT2D eigenvalue weighted by molar-refractivity contribution is 0.594. The lowest BCUT2D eigenvalue weighted by Gasteiger charge is -2.02. The van der Waals surface area contributed by atoms with E-state index in [9.17, 15) is 8.42 Å². The van der Waals surface area contributed by atoms with Gasteiger partial charge in [-0.1, -0.05) is 12.1 Å². The highest BCUT2D eigenvalue weighted by Crippen LogP contribution is 2.19. The van der Waals surface area contributed by atoms with E-state index in [1.165, 1.54) is 6.07 Å². The van der Waals surface area contributed by atoms with Crippen molar-refractivity contribution in [3.63, 3.8) is 0 Å². The van der Waals surface area contributed by atoms with Crippen LogP contribution in [0.15, 0.2) is 35.4 Å². The molecular formula is C9H9N3O2S. The molecule has 0 spiro atoms. The molecule has 0 aliphatic carbocycles. The normalized spacial score (nSPS) is 11.8. The van der Waals surface area contributed by atoms with Crippen molar-refractivity contribution < 1.29 is 8.42 Å². The summed E-state index contributed by atoms with van der Waals surface area (Å²) in [5.74, 6) is 0.